The first-order valence-corrected chi connectivity index (χ1v) is 9.41. The second kappa shape index (κ2) is 7.35. The smallest absolute Gasteiger partial charge is 0.263 e. The van der Waals surface area contributed by atoms with E-state index in [1.165, 1.54) is 16.2 Å². The fourth-order valence-electron chi connectivity index (χ4n) is 2.81. The van der Waals surface area contributed by atoms with Gasteiger partial charge in [0.2, 0.25) is 0 Å². The number of amides is 1. The van der Waals surface area contributed by atoms with E-state index >= 15 is 0 Å². The van der Waals surface area contributed by atoms with Crippen LogP contribution in [0.4, 0.5) is 0 Å². The van der Waals surface area contributed by atoms with Gasteiger partial charge in [0.05, 0.1) is 11.2 Å². The first-order valence-electron chi connectivity index (χ1n) is 7.65. The highest BCUT2D eigenvalue weighted by Gasteiger charge is 2.20. The molecular weight excluding hydrogens is 314 g/mol. The van der Waals surface area contributed by atoms with Crippen LogP contribution in [-0.2, 0) is 6.54 Å². The molecule has 0 unspecified atom stereocenters. The van der Waals surface area contributed by atoms with Crippen LogP contribution in [0.2, 0.25) is 0 Å². The highest BCUT2D eigenvalue weighted by Crippen LogP contribution is 2.20. The third kappa shape index (κ3) is 3.94. The van der Waals surface area contributed by atoms with E-state index in [0.29, 0.717) is 5.92 Å². The van der Waals surface area contributed by atoms with Gasteiger partial charge >= 0.3 is 0 Å². The molecule has 0 atom stereocenters. The van der Waals surface area contributed by atoms with Gasteiger partial charge in [0.1, 0.15) is 4.88 Å². The summed E-state index contributed by atoms with van der Waals surface area (Å²) in [5.41, 5.74) is 2.56. The molecule has 22 heavy (non-hydrogen) atoms. The van der Waals surface area contributed by atoms with Gasteiger partial charge < -0.3 is 5.32 Å². The van der Waals surface area contributed by atoms with E-state index < -0.39 is 0 Å². The Morgan fingerprint density at radius 2 is 2.23 bits per heavy atom. The number of nitrogens with zero attached hydrogens (tertiary/aromatic N) is 2. The maximum absolute atomic E-state index is 12.1. The van der Waals surface area contributed by atoms with Gasteiger partial charge in [0.15, 0.2) is 0 Å². The number of hydrogen-bond acceptors (Lipinski definition) is 5. The molecule has 0 aromatic carbocycles. The molecule has 0 aliphatic carbocycles. The Kier molecular flexibility index (Phi) is 5.23. The molecule has 0 radical (unpaired) electrons. The highest BCUT2D eigenvalue weighted by molar-refractivity contribution is 7.11. The van der Waals surface area contributed by atoms with Gasteiger partial charge in [-0.2, -0.15) is 0 Å². The quantitative estimate of drug-likeness (QED) is 0.913. The number of carbonyl (C=O) groups is 1. The minimum absolute atomic E-state index is 0.0287. The lowest BCUT2D eigenvalue weighted by Gasteiger charge is -2.31. The van der Waals surface area contributed by atoms with Crippen LogP contribution in [0.25, 0.3) is 0 Å². The lowest BCUT2D eigenvalue weighted by atomic mass is 9.96. The van der Waals surface area contributed by atoms with Crippen molar-refractivity contribution in [2.45, 2.75) is 26.3 Å². The number of rotatable bonds is 5. The van der Waals surface area contributed by atoms with Gasteiger partial charge in [-0.15, -0.1) is 22.7 Å². The number of thiophene rings is 1. The van der Waals surface area contributed by atoms with E-state index in [9.17, 15) is 4.79 Å². The van der Waals surface area contributed by atoms with Crippen LogP contribution in [0.15, 0.2) is 23.0 Å². The first kappa shape index (κ1) is 15.6. The molecule has 1 aliphatic heterocycles. The fourth-order valence-corrected chi connectivity index (χ4v) is 4.27. The van der Waals surface area contributed by atoms with Crippen molar-refractivity contribution in [3.63, 3.8) is 0 Å². The Hall–Kier alpha value is -1.24. The zero-order valence-corrected chi connectivity index (χ0v) is 14.4. The first-order chi connectivity index (χ1) is 10.7. The molecule has 0 saturated carbocycles. The molecule has 4 nitrogen and oxygen atoms in total. The van der Waals surface area contributed by atoms with Crippen LogP contribution in [0.1, 0.15) is 33.1 Å². The van der Waals surface area contributed by atoms with Crippen molar-refractivity contribution >= 4 is 28.6 Å². The molecule has 1 aliphatic rings. The molecule has 1 fully saturated rings. The van der Waals surface area contributed by atoms with Gasteiger partial charge in [-0.25, -0.2) is 4.98 Å². The largest absolute Gasteiger partial charge is 0.351 e. The second-order valence-electron chi connectivity index (χ2n) is 5.78. The van der Waals surface area contributed by atoms with Gasteiger partial charge in [-0.1, -0.05) is 6.07 Å². The number of carbonyl (C=O) groups excluding carboxylic acids is 1. The van der Waals surface area contributed by atoms with Crippen molar-refractivity contribution in [2.24, 2.45) is 5.92 Å². The van der Waals surface area contributed by atoms with Crippen molar-refractivity contribution in [3.05, 3.63) is 38.5 Å². The number of piperidine rings is 1. The maximum Gasteiger partial charge on any atom is 0.263 e. The summed E-state index contributed by atoms with van der Waals surface area (Å²) in [5, 5.41) is 5.21. The molecule has 1 saturated heterocycles. The summed E-state index contributed by atoms with van der Waals surface area (Å²) in [6, 6.07) is 4.32. The Balaban J connectivity index is 1.40. The molecule has 0 bridgehead atoms. The van der Waals surface area contributed by atoms with Crippen molar-refractivity contribution < 1.29 is 4.79 Å². The minimum Gasteiger partial charge on any atom is -0.351 e. The van der Waals surface area contributed by atoms with Crippen LogP contribution in [0.5, 0.6) is 0 Å². The number of nitrogens with one attached hydrogen (secondary N) is 1. The molecule has 2 aromatic rings. The van der Waals surface area contributed by atoms with E-state index in [-0.39, 0.29) is 5.91 Å². The average molecular weight is 335 g/mol. The average Bonchev–Trinajstić information content (AvgIpc) is 3.18. The third-order valence-electron chi connectivity index (χ3n) is 4.17. The summed E-state index contributed by atoms with van der Waals surface area (Å²) >= 11 is 3.24. The normalized spacial score (nSPS) is 16.8. The van der Waals surface area contributed by atoms with Gasteiger partial charge in [-0.3, -0.25) is 9.69 Å². The number of aromatic nitrogens is 1. The Morgan fingerprint density at radius 1 is 1.41 bits per heavy atom. The minimum atomic E-state index is 0.0287. The lowest BCUT2D eigenvalue weighted by molar-refractivity contribution is 0.0938. The Bertz CT molecular complexity index is 601. The SMILES string of the molecule is Cc1ncsc1C(=O)NCC1CCN(Cc2cccs2)CC1. The number of aryl methyl sites for hydroxylation is 1. The number of thiazole rings is 1. The summed E-state index contributed by atoms with van der Waals surface area (Å²) in [4.78, 5) is 20.9. The summed E-state index contributed by atoms with van der Waals surface area (Å²) in [7, 11) is 0. The van der Waals surface area contributed by atoms with Crippen LogP contribution < -0.4 is 5.32 Å². The van der Waals surface area contributed by atoms with Crippen molar-refractivity contribution in [1.82, 2.24) is 15.2 Å². The van der Waals surface area contributed by atoms with Crippen LogP contribution in [-0.4, -0.2) is 35.4 Å². The molecule has 0 spiro atoms. The van der Waals surface area contributed by atoms with E-state index in [4.69, 9.17) is 0 Å². The maximum atomic E-state index is 12.1. The fraction of sp³-hybridized carbons (Fsp3) is 0.500. The van der Waals surface area contributed by atoms with Crippen molar-refractivity contribution in [2.75, 3.05) is 19.6 Å². The van der Waals surface area contributed by atoms with E-state index in [1.54, 1.807) is 5.51 Å². The van der Waals surface area contributed by atoms with E-state index in [1.807, 2.05) is 18.3 Å². The third-order valence-corrected chi connectivity index (χ3v) is 5.96. The van der Waals surface area contributed by atoms with Crippen molar-refractivity contribution in [1.29, 1.82) is 0 Å². The number of hydrogen-bond donors (Lipinski definition) is 1. The topological polar surface area (TPSA) is 45.2 Å². The summed E-state index contributed by atoms with van der Waals surface area (Å²) in [5.74, 6) is 0.623. The van der Waals surface area contributed by atoms with E-state index in [0.717, 1.165) is 49.6 Å². The molecule has 2 aromatic heterocycles. The molecule has 118 valence electrons. The molecule has 3 rings (SSSR count). The summed E-state index contributed by atoms with van der Waals surface area (Å²) < 4.78 is 0. The molecule has 1 amide bonds. The van der Waals surface area contributed by atoms with Crippen LogP contribution in [0, 0.1) is 12.8 Å². The second-order valence-corrected chi connectivity index (χ2v) is 7.66. The van der Waals surface area contributed by atoms with E-state index in [2.05, 4.69) is 32.7 Å². The molecule has 6 heteroatoms. The molecular formula is C16H21N3OS2. The predicted octanol–water partition coefficient (Wildman–Crippen LogP) is 3.16. The standard InChI is InChI=1S/C16H21N3OS2/c1-12-15(22-11-18-12)16(20)17-9-13-4-6-19(7-5-13)10-14-3-2-8-21-14/h2-3,8,11,13H,4-7,9-10H2,1H3,(H,17,20). The van der Waals surface area contributed by atoms with Crippen molar-refractivity contribution in [3.8, 4) is 0 Å². The zero-order chi connectivity index (χ0) is 15.4. The van der Waals surface area contributed by atoms with Gasteiger partial charge in [-0.05, 0) is 50.2 Å². The zero-order valence-electron chi connectivity index (χ0n) is 12.7. The summed E-state index contributed by atoms with van der Waals surface area (Å²) in [6.07, 6.45) is 2.32. The van der Waals surface area contributed by atoms with Gasteiger partial charge in [0.25, 0.3) is 5.91 Å². The van der Waals surface area contributed by atoms with Crippen LogP contribution >= 0.6 is 22.7 Å². The molecule has 3 heterocycles. The predicted molar refractivity (Wildman–Crippen MR) is 91.5 cm³/mol. The monoisotopic (exact) mass is 335 g/mol. The highest BCUT2D eigenvalue weighted by atomic mass is 32.1. The Labute approximate surface area is 139 Å². The summed E-state index contributed by atoms with van der Waals surface area (Å²) in [6.45, 7) is 5.98. The molecule has 1 N–H and O–H groups in total. The van der Waals surface area contributed by atoms with Gasteiger partial charge in [0, 0.05) is 18.0 Å². The number of likely N-dealkylation sites (tertiary alicyclic amines) is 1. The Morgan fingerprint density at radius 3 is 2.86 bits per heavy atom. The lowest BCUT2D eigenvalue weighted by Crippen LogP contribution is -2.38. The van der Waals surface area contributed by atoms with Crippen LogP contribution in [0.3, 0.4) is 0 Å².